The number of halogens is 3. The quantitative estimate of drug-likeness (QED) is 0.884. The Morgan fingerprint density at radius 1 is 1.43 bits per heavy atom. The van der Waals surface area contributed by atoms with Crippen LogP contribution < -0.4 is 10.5 Å². The molecule has 23 heavy (non-hydrogen) atoms. The van der Waals surface area contributed by atoms with Crippen molar-refractivity contribution in [1.82, 2.24) is 9.97 Å². The van der Waals surface area contributed by atoms with E-state index < -0.39 is 23.7 Å². The van der Waals surface area contributed by atoms with Crippen LogP contribution in [0.15, 0.2) is 12.1 Å². The van der Waals surface area contributed by atoms with E-state index in [1.54, 1.807) is 0 Å². The Morgan fingerprint density at radius 3 is 2.61 bits per heavy atom. The van der Waals surface area contributed by atoms with Gasteiger partial charge in [-0.3, -0.25) is 0 Å². The second-order valence-electron chi connectivity index (χ2n) is 4.56. The molecular weight excluding hydrogens is 332 g/mol. The van der Waals surface area contributed by atoms with E-state index >= 15 is 0 Å². The summed E-state index contributed by atoms with van der Waals surface area (Å²) in [6.07, 6.45) is -1.67. The van der Waals surface area contributed by atoms with Gasteiger partial charge in [-0.25, -0.2) is 23.5 Å². The van der Waals surface area contributed by atoms with Gasteiger partial charge in [-0.2, -0.15) is 0 Å². The Morgan fingerprint density at radius 2 is 2.09 bits per heavy atom. The van der Waals surface area contributed by atoms with E-state index in [-0.39, 0.29) is 33.5 Å². The van der Waals surface area contributed by atoms with Gasteiger partial charge in [0.25, 0.3) is 0 Å². The average Bonchev–Trinajstić information content (AvgIpc) is 2.46. The summed E-state index contributed by atoms with van der Waals surface area (Å²) < 4.78 is 32.9. The second-order valence-corrected chi connectivity index (χ2v) is 4.97. The summed E-state index contributed by atoms with van der Waals surface area (Å²) >= 11 is 5.78. The van der Waals surface area contributed by atoms with Crippen molar-refractivity contribution in [1.29, 1.82) is 0 Å². The van der Waals surface area contributed by atoms with Gasteiger partial charge in [-0.1, -0.05) is 11.6 Å². The molecule has 2 aromatic rings. The van der Waals surface area contributed by atoms with E-state index in [0.29, 0.717) is 0 Å². The van der Waals surface area contributed by atoms with Gasteiger partial charge in [0.15, 0.2) is 23.1 Å². The minimum absolute atomic E-state index is 0.0961. The van der Waals surface area contributed by atoms with Gasteiger partial charge in [0.05, 0.1) is 12.7 Å². The molecular formula is C14H12ClF2N3O3. The van der Waals surface area contributed by atoms with Crippen molar-refractivity contribution in [2.45, 2.75) is 13.1 Å². The first-order valence-electron chi connectivity index (χ1n) is 6.35. The molecule has 0 aliphatic rings. The Labute approximate surface area is 134 Å². The number of nitrogens with zero attached hydrogens (tertiary/aromatic N) is 2. The molecule has 6 nitrogen and oxygen atoms in total. The summed E-state index contributed by atoms with van der Waals surface area (Å²) in [5.74, 6) is -3.23. The highest BCUT2D eigenvalue weighted by molar-refractivity contribution is 6.31. The highest BCUT2D eigenvalue weighted by atomic mass is 35.5. The van der Waals surface area contributed by atoms with Crippen molar-refractivity contribution in [3.05, 3.63) is 34.2 Å². The molecule has 1 aromatic heterocycles. The maximum Gasteiger partial charge on any atom is 0.358 e. The van der Waals surface area contributed by atoms with Crippen LogP contribution in [0.5, 0.6) is 5.75 Å². The smallest absolute Gasteiger partial charge is 0.358 e. The molecule has 9 heteroatoms. The number of carboxylic acid groups (broad SMARTS) is 1. The molecule has 0 fully saturated rings. The van der Waals surface area contributed by atoms with Crippen molar-refractivity contribution in [2.24, 2.45) is 0 Å². The van der Waals surface area contributed by atoms with Crippen molar-refractivity contribution in [3.8, 4) is 17.1 Å². The van der Waals surface area contributed by atoms with Gasteiger partial charge in [0.2, 0.25) is 0 Å². The maximum absolute atomic E-state index is 14.5. The Hall–Kier alpha value is -2.48. The SMILES string of the molecule is COc1c(N)nc(-c2ccc(Cl)c(C(C)F)c2F)nc1C(=O)O. The predicted octanol–water partition coefficient (Wildman–Crippen LogP) is 3.26. The first-order chi connectivity index (χ1) is 10.8. The van der Waals surface area contributed by atoms with Crippen molar-refractivity contribution < 1.29 is 23.4 Å². The number of hydrogen-bond donors (Lipinski definition) is 2. The molecule has 1 unspecified atom stereocenters. The highest BCUT2D eigenvalue weighted by Crippen LogP contribution is 2.35. The minimum atomic E-state index is -1.67. The van der Waals surface area contributed by atoms with Crippen LogP contribution in [0.3, 0.4) is 0 Å². The molecule has 1 heterocycles. The molecule has 0 saturated heterocycles. The fraction of sp³-hybridized carbons (Fsp3) is 0.214. The lowest BCUT2D eigenvalue weighted by Crippen LogP contribution is -2.10. The number of carboxylic acids is 1. The molecule has 0 aliphatic heterocycles. The second kappa shape index (κ2) is 6.33. The molecule has 3 N–H and O–H groups in total. The summed E-state index contributed by atoms with van der Waals surface area (Å²) in [7, 11) is 1.20. The van der Waals surface area contributed by atoms with Gasteiger partial charge in [0, 0.05) is 10.6 Å². The number of aromatic carboxylic acids is 1. The topological polar surface area (TPSA) is 98.3 Å². The maximum atomic E-state index is 14.5. The predicted molar refractivity (Wildman–Crippen MR) is 79.9 cm³/mol. The Kier molecular flexibility index (Phi) is 4.65. The van der Waals surface area contributed by atoms with E-state index in [1.807, 2.05) is 0 Å². The number of carbonyl (C=O) groups is 1. The zero-order chi connectivity index (χ0) is 17.3. The fourth-order valence-electron chi connectivity index (χ4n) is 2.04. The van der Waals surface area contributed by atoms with Crippen LogP contribution in [-0.4, -0.2) is 28.2 Å². The lowest BCUT2D eigenvalue weighted by atomic mass is 10.1. The van der Waals surface area contributed by atoms with Crippen LogP contribution in [0.2, 0.25) is 5.02 Å². The molecule has 0 bridgehead atoms. The third-order valence-corrected chi connectivity index (χ3v) is 3.39. The first kappa shape index (κ1) is 16.9. The van der Waals surface area contributed by atoms with E-state index in [4.69, 9.17) is 27.2 Å². The van der Waals surface area contributed by atoms with Crippen LogP contribution >= 0.6 is 11.6 Å². The molecule has 0 radical (unpaired) electrons. The molecule has 1 atom stereocenters. The first-order valence-corrected chi connectivity index (χ1v) is 6.72. The average molecular weight is 344 g/mol. The molecule has 0 spiro atoms. The largest absolute Gasteiger partial charge is 0.491 e. The van der Waals surface area contributed by atoms with Gasteiger partial charge in [0.1, 0.15) is 12.0 Å². The number of methoxy groups -OCH3 is 1. The van der Waals surface area contributed by atoms with Crippen LogP contribution in [-0.2, 0) is 0 Å². The van der Waals surface area contributed by atoms with E-state index in [2.05, 4.69) is 9.97 Å². The molecule has 1 aromatic carbocycles. The fourth-order valence-corrected chi connectivity index (χ4v) is 2.34. The standard InChI is InChI=1S/C14H12ClF2N3O3/c1-5(16)8-7(15)4-3-6(9(8)17)13-19-10(14(21)22)11(23-2)12(18)20-13/h3-5H,1-2H3,(H,21,22)(H2,18,19,20). The summed E-state index contributed by atoms with van der Waals surface area (Å²) in [6, 6.07) is 2.49. The van der Waals surface area contributed by atoms with E-state index in [9.17, 15) is 13.6 Å². The van der Waals surface area contributed by atoms with Gasteiger partial charge >= 0.3 is 5.97 Å². The van der Waals surface area contributed by atoms with Crippen LogP contribution in [0, 0.1) is 5.82 Å². The monoisotopic (exact) mass is 343 g/mol. The van der Waals surface area contributed by atoms with Gasteiger partial charge < -0.3 is 15.6 Å². The van der Waals surface area contributed by atoms with Crippen molar-refractivity contribution >= 4 is 23.4 Å². The minimum Gasteiger partial charge on any atom is -0.491 e. The summed E-state index contributed by atoms with van der Waals surface area (Å²) in [5.41, 5.74) is 4.52. The van der Waals surface area contributed by atoms with Crippen LogP contribution in [0.25, 0.3) is 11.4 Å². The number of benzene rings is 1. The van der Waals surface area contributed by atoms with Crippen LogP contribution in [0.4, 0.5) is 14.6 Å². The number of nitrogens with two attached hydrogens (primary N) is 1. The number of aromatic nitrogens is 2. The summed E-state index contributed by atoms with van der Waals surface area (Å²) in [5, 5.41) is 9.05. The zero-order valence-corrected chi connectivity index (χ0v) is 12.9. The van der Waals surface area contributed by atoms with Crippen molar-refractivity contribution in [3.63, 3.8) is 0 Å². The van der Waals surface area contributed by atoms with Gasteiger partial charge in [-0.15, -0.1) is 0 Å². The number of nitrogen functional groups attached to an aromatic ring is 1. The molecule has 0 aliphatic carbocycles. The number of alkyl halides is 1. The lowest BCUT2D eigenvalue weighted by Gasteiger charge is -2.13. The van der Waals surface area contributed by atoms with Crippen LogP contribution in [0.1, 0.15) is 29.1 Å². The number of hydrogen-bond acceptors (Lipinski definition) is 5. The van der Waals surface area contributed by atoms with Crippen molar-refractivity contribution in [2.75, 3.05) is 12.8 Å². The molecule has 2 rings (SSSR count). The van der Waals surface area contributed by atoms with E-state index in [0.717, 1.165) is 6.92 Å². The summed E-state index contributed by atoms with van der Waals surface area (Å²) in [6.45, 7) is 1.12. The third kappa shape index (κ3) is 3.02. The number of rotatable bonds is 4. The number of ether oxygens (including phenoxy) is 1. The Balaban J connectivity index is 2.73. The molecule has 0 amide bonds. The zero-order valence-electron chi connectivity index (χ0n) is 12.1. The Bertz CT molecular complexity index is 784. The summed E-state index contributed by atoms with van der Waals surface area (Å²) in [4.78, 5) is 18.8. The number of anilines is 1. The van der Waals surface area contributed by atoms with E-state index in [1.165, 1.54) is 19.2 Å². The normalized spacial score (nSPS) is 12.0. The third-order valence-electron chi connectivity index (χ3n) is 3.06. The molecule has 0 saturated carbocycles. The molecule has 122 valence electrons. The lowest BCUT2D eigenvalue weighted by molar-refractivity contribution is 0.0686. The highest BCUT2D eigenvalue weighted by Gasteiger charge is 2.24. The van der Waals surface area contributed by atoms with Gasteiger partial charge in [-0.05, 0) is 19.1 Å².